The summed E-state index contributed by atoms with van der Waals surface area (Å²) in [6.07, 6.45) is -0.548. The highest BCUT2D eigenvalue weighted by Crippen LogP contribution is 2.23. The molecule has 0 fully saturated rings. The molecule has 0 saturated carbocycles. The summed E-state index contributed by atoms with van der Waals surface area (Å²) in [7, 11) is 0. The Hall–Kier alpha value is -1.69. The third-order valence-electron chi connectivity index (χ3n) is 2.98. The van der Waals surface area contributed by atoms with E-state index in [0.29, 0.717) is 30.0 Å². The first-order valence-electron chi connectivity index (χ1n) is 7.24. The second kappa shape index (κ2) is 8.08. The van der Waals surface area contributed by atoms with E-state index in [1.54, 1.807) is 6.07 Å². The number of nitrogens with zero attached hydrogens (tertiary/aromatic N) is 2. The van der Waals surface area contributed by atoms with Gasteiger partial charge in [0, 0.05) is 25.0 Å². The third-order valence-corrected chi connectivity index (χ3v) is 3.18. The van der Waals surface area contributed by atoms with Gasteiger partial charge in [0.05, 0.1) is 0 Å². The lowest BCUT2D eigenvalue weighted by Gasteiger charge is -2.17. The maximum absolute atomic E-state index is 6.10. The fraction of sp³-hybridized carbons (Fsp3) is 0.375. The summed E-state index contributed by atoms with van der Waals surface area (Å²) >= 11 is 6.10. The van der Waals surface area contributed by atoms with Crippen LogP contribution >= 0.6 is 11.6 Å². The van der Waals surface area contributed by atoms with Crippen molar-refractivity contribution in [2.45, 2.75) is 27.1 Å². The molecule has 22 heavy (non-hydrogen) atoms. The van der Waals surface area contributed by atoms with Gasteiger partial charge in [-0.2, -0.15) is 0 Å². The molecule has 0 spiro atoms. The third kappa shape index (κ3) is 4.40. The largest absolute Gasteiger partial charge is 0.347 e. The molecule has 0 unspecified atom stereocenters. The maximum atomic E-state index is 6.10. The minimum Gasteiger partial charge on any atom is -0.347 e. The predicted octanol–water partition coefficient (Wildman–Crippen LogP) is 4.25. The van der Waals surface area contributed by atoms with Gasteiger partial charge in [-0.05, 0) is 32.4 Å². The van der Waals surface area contributed by atoms with E-state index in [1.165, 1.54) is 0 Å². The Labute approximate surface area is 135 Å². The number of para-hydroxylation sites is 1. The van der Waals surface area contributed by atoms with Gasteiger partial charge in [-0.15, -0.1) is 0 Å². The van der Waals surface area contributed by atoms with Crippen LogP contribution < -0.4 is 5.32 Å². The highest BCUT2D eigenvalue weighted by atomic mass is 35.5. The Balaban J connectivity index is 2.27. The Kier molecular flexibility index (Phi) is 6.12. The van der Waals surface area contributed by atoms with Crippen LogP contribution in [0.2, 0.25) is 5.15 Å². The second-order valence-corrected chi connectivity index (χ2v) is 5.01. The van der Waals surface area contributed by atoms with Crippen LogP contribution in [-0.4, -0.2) is 23.2 Å². The van der Waals surface area contributed by atoms with E-state index in [-0.39, 0.29) is 0 Å². The monoisotopic (exact) mass is 321 g/mol. The standard InChI is InChI=1S/C16H20ClN3O2/c1-4-21-15(22-5-2)13-10-14(17)20-16(19-13)18-12-9-7-6-8-11(12)3/h6-10,15H,4-5H2,1-3H3,(H,18,19,20). The van der Waals surface area contributed by atoms with Crippen molar-refractivity contribution in [2.75, 3.05) is 18.5 Å². The highest BCUT2D eigenvalue weighted by Gasteiger charge is 2.16. The van der Waals surface area contributed by atoms with Gasteiger partial charge in [-0.3, -0.25) is 0 Å². The molecular weight excluding hydrogens is 302 g/mol. The number of halogens is 1. The van der Waals surface area contributed by atoms with Crippen LogP contribution in [0.1, 0.15) is 31.4 Å². The fourth-order valence-electron chi connectivity index (χ4n) is 1.97. The van der Waals surface area contributed by atoms with Crippen molar-refractivity contribution in [1.82, 2.24) is 9.97 Å². The zero-order chi connectivity index (χ0) is 15.9. The fourth-order valence-corrected chi connectivity index (χ4v) is 2.16. The maximum Gasteiger partial charge on any atom is 0.229 e. The van der Waals surface area contributed by atoms with Gasteiger partial charge in [0.25, 0.3) is 0 Å². The Morgan fingerprint density at radius 3 is 2.45 bits per heavy atom. The average molecular weight is 322 g/mol. The van der Waals surface area contributed by atoms with Crippen LogP contribution in [0.5, 0.6) is 0 Å². The highest BCUT2D eigenvalue weighted by molar-refractivity contribution is 6.29. The number of nitrogens with one attached hydrogen (secondary N) is 1. The van der Waals surface area contributed by atoms with Crippen molar-refractivity contribution >= 4 is 23.2 Å². The summed E-state index contributed by atoms with van der Waals surface area (Å²) in [6.45, 7) is 6.86. The second-order valence-electron chi connectivity index (χ2n) is 4.62. The number of aryl methyl sites for hydroxylation is 1. The van der Waals surface area contributed by atoms with Crippen molar-refractivity contribution < 1.29 is 9.47 Å². The molecule has 0 saturated heterocycles. The number of anilines is 2. The molecule has 6 heteroatoms. The molecule has 0 aliphatic rings. The lowest BCUT2D eigenvalue weighted by molar-refractivity contribution is -0.142. The summed E-state index contributed by atoms with van der Waals surface area (Å²) in [5.41, 5.74) is 2.62. The Morgan fingerprint density at radius 2 is 1.82 bits per heavy atom. The molecule has 0 aliphatic heterocycles. The number of hydrogen-bond acceptors (Lipinski definition) is 5. The molecule has 0 aliphatic carbocycles. The van der Waals surface area contributed by atoms with E-state index in [1.807, 2.05) is 45.0 Å². The first kappa shape index (κ1) is 16.7. The van der Waals surface area contributed by atoms with Gasteiger partial charge >= 0.3 is 0 Å². The summed E-state index contributed by atoms with van der Waals surface area (Å²) < 4.78 is 11.1. The first-order chi connectivity index (χ1) is 10.6. The SMILES string of the molecule is CCOC(OCC)c1cc(Cl)nc(Nc2ccccc2C)n1. The van der Waals surface area contributed by atoms with Gasteiger partial charge in [-0.25, -0.2) is 9.97 Å². The van der Waals surface area contributed by atoms with Crippen LogP contribution in [0.25, 0.3) is 0 Å². The van der Waals surface area contributed by atoms with Crippen molar-refractivity contribution in [3.8, 4) is 0 Å². The zero-order valence-electron chi connectivity index (χ0n) is 13.0. The molecule has 1 heterocycles. The molecule has 0 amide bonds. The first-order valence-corrected chi connectivity index (χ1v) is 7.62. The van der Waals surface area contributed by atoms with Crippen molar-refractivity contribution in [3.05, 3.63) is 46.7 Å². The number of rotatable bonds is 7. The van der Waals surface area contributed by atoms with E-state index >= 15 is 0 Å². The van der Waals surface area contributed by atoms with Crippen LogP contribution in [0.15, 0.2) is 30.3 Å². The van der Waals surface area contributed by atoms with Gasteiger partial charge < -0.3 is 14.8 Å². The average Bonchev–Trinajstić information content (AvgIpc) is 2.49. The van der Waals surface area contributed by atoms with Gasteiger partial charge in [0.1, 0.15) is 10.8 Å². The molecule has 0 radical (unpaired) electrons. The number of aromatic nitrogens is 2. The van der Waals surface area contributed by atoms with Crippen LogP contribution in [0.4, 0.5) is 11.6 Å². The van der Waals surface area contributed by atoms with Crippen molar-refractivity contribution in [2.24, 2.45) is 0 Å². The zero-order valence-corrected chi connectivity index (χ0v) is 13.7. The van der Waals surface area contributed by atoms with Crippen molar-refractivity contribution in [3.63, 3.8) is 0 Å². The van der Waals surface area contributed by atoms with E-state index in [4.69, 9.17) is 21.1 Å². The smallest absolute Gasteiger partial charge is 0.229 e. The van der Waals surface area contributed by atoms with E-state index in [2.05, 4.69) is 15.3 Å². The lowest BCUT2D eigenvalue weighted by atomic mass is 10.2. The van der Waals surface area contributed by atoms with E-state index < -0.39 is 6.29 Å². The molecule has 2 rings (SSSR count). The molecule has 1 aromatic carbocycles. The Morgan fingerprint density at radius 1 is 1.14 bits per heavy atom. The minimum atomic E-state index is -0.548. The van der Waals surface area contributed by atoms with Crippen molar-refractivity contribution in [1.29, 1.82) is 0 Å². The molecule has 0 bridgehead atoms. The Bertz CT molecular complexity index is 616. The van der Waals surface area contributed by atoms with Crippen LogP contribution in [0, 0.1) is 6.92 Å². The molecule has 118 valence electrons. The minimum absolute atomic E-state index is 0.338. The van der Waals surface area contributed by atoms with Crippen LogP contribution in [-0.2, 0) is 9.47 Å². The van der Waals surface area contributed by atoms with Gasteiger partial charge in [0.2, 0.25) is 12.2 Å². The predicted molar refractivity (Wildman–Crippen MR) is 87.5 cm³/mol. The van der Waals surface area contributed by atoms with E-state index in [0.717, 1.165) is 11.3 Å². The molecule has 2 aromatic rings. The quantitative estimate of drug-likeness (QED) is 0.610. The lowest BCUT2D eigenvalue weighted by Crippen LogP contribution is -2.12. The number of ether oxygens (including phenoxy) is 2. The summed E-state index contributed by atoms with van der Waals surface area (Å²) in [4.78, 5) is 8.66. The molecule has 5 nitrogen and oxygen atoms in total. The van der Waals surface area contributed by atoms with Gasteiger partial charge in [-0.1, -0.05) is 29.8 Å². The molecule has 0 atom stereocenters. The summed E-state index contributed by atoms with van der Waals surface area (Å²) in [5.74, 6) is 0.418. The topological polar surface area (TPSA) is 56.3 Å². The molecular formula is C16H20ClN3O2. The van der Waals surface area contributed by atoms with Gasteiger partial charge in [0.15, 0.2) is 0 Å². The summed E-state index contributed by atoms with van der Waals surface area (Å²) in [6, 6.07) is 9.55. The number of benzene rings is 1. The van der Waals surface area contributed by atoms with E-state index in [9.17, 15) is 0 Å². The molecule has 1 N–H and O–H groups in total. The summed E-state index contributed by atoms with van der Waals surface area (Å²) in [5, 5.41) is 3.51. The normalized spacial score (nSPS) is 11.0. The molecule has 1 aromatic heterocycles. The van der Waals surface area contributed by atoms with Crippen LogP contribution in [0.3, 0.4) is 0 Å². The number of hydrogen-bond donors (Lipinski definition) is 1.